The molecule has 2 aromatic heterocycles. The number of halogens is 3. The Hall–Kier alpha value is -1.98. The Balaban J connectivity index is 1.80. The standard InChI is InChI=1S/C13H8F3N3O2S3/c14-13(15,16)12-5-10(6-22-12)24(20,21)18-9-3-1-8(2-4-9)11-7-23-19-17-11/h1-7,18H. The van der Waals surface area contributed by atoms with Crippen LogP contribution in [0.15, 0.2) is 46.0 Å². The van der Waals surface area contributed by atoms with Crippen LogP contribution in [0.3, 0.4) is 0 Å². The predicted molar refractivity (Wildman–Crippen MR) is 85.5 cm³/mol. The molecule has 3 rings (SSSR count). The van der Waals surface area contributed by atoms with Gasteiger partial charge in [0.1, 0.15) is 10.6 Å². The number of aromatic nitrogens is 2. The first-order chi connectivity index (χ1) is 11.3. The number of hydrogen-bond donors (Lipinski definition) is 1. The van der Waals surface area contributed by atoms with Crippen LogP contribution in [0, 0.1) is 0 Å². The second kappa shape index (κ2) is 6.15. The molecule has 0 radical (unpaired) electrons. The lowest BCUT2D eigenvalue weighted by Gasteiger charge is -2.07. The average Bonchev–Trinajstić information content (AvgIpc) is 3.19. The third-order valence-corrected chi connectivity index (χ3v) is 5.95. The van der Waals surface area contributed by atoms with Crippen molar-refractivity contribution >= 4 is 38.6 Å². The molecule has 2 heterocycles. The Morgan fingerprint density at radius 2 is 1.79 bits per heavy atom. The smallest absolute Gasteiger partial charge is 0.280 e. The van der Waals surface area contributed by atoms with E-state index in [2.05, 4.69) is 14.3 Å². The van der Waals surface area contributed by atoms with Crippen molar-refractivity contribution in [1.82, 2.24) is 9.59 Å². The molecule has 1 aromatic carbocycles. The van der Waals surface area contributed by atoms with Gasteiger partial charge in [0.15, 0.2) is 0 Å². The van der Waals surface area contributed by atoms with Crippen LogP contribution in [0.2, 0.25) is 0 Å². The SMILES string of the molecule is O=S(=O)(Nc1ccc(-c2csnn2)cc1)c1csc(C(F)(F)F)c1. The molecule has 0 aliphatic heterocycles. The third-order valence-electron chi connectivity index (χ3n) is 2.96. The molecule has 0 amide bonds. The molecule has 0 aliphatic rings. The first-order valence-electron chi connectivity index (χ1n) is 6.32. The normalized spacial score (nSPS) is 12.3. The molecule has 0 saturated heterocycles. The Kier molecular flexibility index (Phi) is 4.32. The molecule has 126 valence electrons. The number of sulfonamides is 1. The van der Waals surface area contributed by atoms with Gasteiger partial charge in [0, 0.05) is 22.0 Å². The zero-order valence-electron chi connectivity index (χ0n) is 11.6. The van der Waals surface area contributed by atoms with Gasteiger partial charge in [-0.1, -0.05) is 16.6 Å². The van der Waals surface area contributed by atoms with Crippen molar-refractivity contribution in [3.63, 3.8) is 0 Å². The highest BCUT2D eigenvalue weighted by Crippen LogP contribution is 2.35. The first-order valence-corrected chi connectivity index (χ1v) is 9.52. The van der Waals surface area contributed by atoms with Gasteiger partial charge in [0.2, 0.25) is 0 Å². The van der Waals surface area contributed by atoms with Gasteiger partial charge in [0.25, 0.3) is 10.0 Å². The van der Waals surface area contributed by atoms with Crippen LogP contribution in [-0.2, 0) is 16.2 Å². The van der Waals surface area contributed by atoms with Crippen LogP contribution in [0.4, 0.5) is 18.9 Å². The highest BCUT2D eigenvalue weighted by molar-refractivity contribution is 7.92. The van der Waals surface area contributed by atoms with E-state index in [0.717, 1.165) is 10.9 Å². The molecule has 3 aromatic rings. The van der Waals surface area contributed by atoms with Gasteiger partial charge in [0.05, 0.1) is 4.90 Å². The van der Waals surface area contributed by atoms with Gasteiger partial charge in [-0.2, -0.15) is 13.2 Å². The summed E-state index contributed by atoms with van der Waals surface area (Å²) >= 11 is 1.52. The van der Waals surface area contributed by atoms with E-state index in [9.17, 15) is 21.6 Å². The van der Waals surface area contributed by atoms with E-state index < -0.39 is 26.0 Å². The van der Waals surface area contributed by atoms with E-state index in [1.165, 1.54) is 23.7 Å². The molecule has 0 saturated carbocycles. The maximum absolute atomic E-state index is 12.6. The predicted octanol–water partition coefficient (Wildman–Crippen LogP) is 4.09. The highest BCUT2D eigenvalue weighted by Gasteiger charge is 2.34. The van der Waals surface area contributed by atoms with Crippen LogP contribution < -0.4 is 4.72 Å². The minimum absolute atomic E-state index is 0.238. The largest absolute Gasteiger partial charge is 0.425 e. The Morgan fingerprint density at radius 3 is 2.33 bits per heavy atom. The molecule has 0 atom stereocenters. The monoisotopic (exact) mass is 391 g/mol. The van der Waals surface area contributed by atoms with Crippen LogP contribution in [0.1, 0.15) is 4.88 Å². The van der Waals surface area contributed by atoms with Gasteiger partial charge in [-0.05, 0) is 29.7 Å². The van der Waals surface area contributed by atoms with E-state index in [0.29, 0.717) is 23.1 Å². The quantitative estimate of drug-likeness (QED) is 0.727. The summed E-state index contributed by atoms with van der Waals surface area (Å²) in [5.74, 6) is 0. The van der Waals surface area contributed by atoms with Crippen molar-refractivity contribution in [1.29, 1.82) is 0 Å². The molecular weight excluding hydrogens is 383 g/mol. The molecule has 0 fully saturated rings. The Bertz CT molecular complexity index is 933. The van der Waals surface area contributed by atoms with Crippen molar-refractivity contribution < 1.29 is 21.6 Å². The number of nitrogens with zero attached hydrogens (tertiary/aromatic N) is 2. The van der Waals surface area contributed by atoms with Crippen LogP contribution in [0.5, 0.6) is 0 Å². The molecular formula is C13H8F3N3O2S3. The summed E-state index contributed by atoms with van der Waals surface area (Å²) in [7, 11) is -4.08. The summed E-state index contributed by atoms with van der Waals surface area (Å²) < 4.78 is 68.0. The number of anilines is 1. The number of alkyl halides is 3. The topological polar surface area (TPSA) is 72.0 Å². The molecule has 11 heteroatoms. The van der Waals surface area contributed by atoms with Gasteiger partial charge in [-0.15, -0.1) is 16.4 Å². The highest BCUT2D eigenvalue weighted by atomic mass is 32.2. The maximum atomic E-state index is 12.6. The molecule has 1 N–H and O–H groups in total. The summed E-state index contributed by atoms with van der Waals surface area (Å²) in [5.41, 5.74) is 1.64. The number of thiophene rings is 1. The fraction of sp³-hybridized carbons (Fsp3) is 0.0769. The Morgan fingerprint density at radius 1 is 1.08 bits per heavy atom. The van der Waals surface area contributed by atoms with Crippen molar-refractivity contribution in [2.45, 2.75) is 11.1 Å². The van der Waals surface area contributed by atoms with Crippen molar-refractivity contribution in [2.24, 2.45) is 0 Å². The summed E-state index contributed by atoms with van der Waals surface area (Å²) in [5, 5.41) is 6.59. The minimum Gasteiger partial charge on any atom is -0.280 e. The van der Waals surface area contributed by atoms with E-state index in [1.54, 1.807) is 17.5 Å². The Labute approximate surface area is 143 Å². The molecule has 24 heavy (non-hydrogen) atoms. The fourth-order valence-electron chi connectivity index (χ4n) is 1.82. The maximum Gasteiger partial charge on any atom is 0.425 e. The lowest BCUT2D eigenvalue weighted by molar-refractivity contribution is -0.134. The number of hydrogen-bond acceptors (Lipinski definition) is 6. The van der Waals surface area contributed by atoms with Crippen LogP contribution >= 0.6 is 22.9 Å². The molecule has 0 spiro atoms. The van der Waals surface area contributed by atoms with E-state index in [-0.39, 0.29) is 5.69 Å². The molecule has 0 aliphatic carbocycles. The summed E-state index contributed by atoms with van der Waals surface area (Å²) in [6.45, 7) is 0. The van der Waals surface area contributed by atoms with E-state index in [4.69, 9.17) is 0 Å². The number of rotatable bonds is 4. The zero-order valence-corrected chi connectivity index (χ0v) is 14.1. The summed E-state index contributed by atoms with van der Waals surface area (Å²) in [6, 6.07) is 6.90. The number of nitrogens with one attached hydrogen (secondary N) is 1. The molecule has 0 unspecified atom stereocenters. The lowest BCUT2D eigenvalue weighted by atomic mass is 10.2. The first kappa shape index (κ1) is 16.9. The van der Waals surface area contributed by atoms with Gasteiger partial charge in [-0.3, -0.25) is 4.72 Å². The fourth-order valence-corrected chi connectivity index (χ4v) is 4.49. The second-order valence-corrected chi connectivity index (χ2v) is 7.82. The van der Waals surface area contributed by atoms with E-state index in [1.807, 2.05) is 0 Å². The molecule has 0 bridgehead atoms. The van der Waals surface area contributed by atoms with Gasteiger partial charge in [-0.25, -0.2) is 8.42 Å². The van der Waals surface area contributed by atoms with Crippen molar-refractivity contribution in [2.75, 3.05) is 4.72 Å². The van der Waals surface area contributed by atoms with Crippen LogP contribution in [0.25, 0.3) is 11.3 Å². The van der Waals surface area contributed by atoms with Crippen molar-refractivity contribution in [3.8, 4) is 11.3 Å². The lowest BCUT2D eigenvalue weighted by Crippen LogP contribution is -2.12. The summed E-state index contributed by atoms with van der Waals surface area (Å²) in [6.07, 6.45) is -4.57. The minimum atomic E-state index is -4.57. The van der Waals surface area contributed by atoms with Gasteiger partial charge >= 0.3 is 6.18 Å². The second-order valence-electron chi connectivity index (χ2n) is 4.62. The third kappa shape index (κ3) is 3.57. The average molecular weight is 391 g/mol. The summed E-state index contributed by atoms with van der Waals surface area (Å²) in [4.78, 5) is -1.39. The molecule has 5 nitrogen and oxygen atoms in total. The van der Waals surface area contributed by atoms with E-state index >= 15 is 0 Å². The van der Waals surface area contributed by atoms with Crippen molar-refractivity contribution in [3.05, 3.63) is 46.0 Å². The van der Waals surface area contributed by atoms with Crippen LogP contribution in [-0.4, -0.2) is 18.0 Å². The number of benzene rings is 1. The van der Waals surface area contributed by atoms with Gasteiger partial charge < -0.3 is 0 Å². The zero-order chi connectivity index (χ0) is 17.4.